The van der Waals surface area contributed by atoms with Crippen LogP contribution >= 0.6 is 11.3 Å². The number of likely N-dealkylation sites (tertiary alicyclic amines) is 1. The third-order valence-corrected chi connectivity index (χ3v) is 7.12. The first kappa shape index (κ1) is 20.1. The van der Waals surface area contributed by atoms with Crippen LogP contribution in [0.1, 0.15) is 28.9 Å². The normalized spacial score (nSPS) is 14.5. The number of benzene rings is 2. The minimum Gasteiger partial charge on any atom is -0.351 e. The number of nitrogens with one attached hydrogen (secondary N) is 1. The predicted molar refractivity (Wildman–Crippen MR) is 125 cm³/mol. The summed E-state index contributed by atoms with van der Waals surface area (Å²) in [6, 6.07) is 14.5. The lowest BCUT2D eigenvalue weighted by molar-refractivity contribution is 0.0956. The van der Waals surface area contributed by atoms with Crippen LogP contribution in [0.15, 0.2) is 54.7 Å². The molecule has 4 nitrogen and oxygen atoms in total. The lowest BCUT2D eigenvalue weighted by atomic mass is 10.0. The summed E-state index contributed by atoms with van der Waals surface area (Å²) in [4.78, 5) is 20.8. The van der Waals surface area contributed by atoms with Crippen molar-refractivity contribution in [2.75, 3.05) is 26.2 Å². The molecule has 0 saturated carbocycles. The molecule has 3 heterocycles. The van der Waals surface area contributed by atoms with Crippen molar-refractivity contribution < 1.29 is 9.18 Å². The quantitative estimate of drug-likeness (QED) is 0.410. The number of hydrogen-bond donors (Lipinski definition) is 1. The molecule has 1 aliphatic rings. The molecule has 0 radical (unpaired) electrons. The Kier molecular flexibility index (Phi) is 5.66. The molecule has 4 aromatic rings. The zero-order valence-electron chi connectivity index (χ0n) is 17.2. The fourth-order valence-corrected chi connectivity index (χ4v) is 5.58. The SMILES string of the molecule is O=C(NCCCN1CCCC1)c1sc2c(cnc3ccc(F)cc32)c1-c1ccccc1. The van der Waals surface area contributed by atoms with Crippen molar-refractivity contribution in [2.45, 2.75) is 19.3 Å². The first-order chi connectivity index (χ1) is 15.2. The summed E-state index contributed by atoms with van der Waals surface area (Å²) < 4.78 is 14.9. The molecule has 0 unspecified atom stereocenters. The second-order valence-corrected chi connectivity index (χ2v) is 9.01. The lowest BCUT2D eigenvalue weighted by Crippen LogP contribution is -2.28. The zero-order chi connectivity index (χ0) is 21.2. The van der Waals surface area contributed by atoms with E-state index >= 15 is 0 Å². The number of pyridine rings is 1. The number of hydrogen-bond acceptors (Lipinski definition) is 4. The standard InChI is InChI=1S/C25H24FN3OS/c26-18-9-10-21-19(15-18)23-20(16-28-21)22(17-7-2-1-3-8-17)24(31-23)25(30)27-11-6-14-29-12-4-5-13-29/h1-3,7-10,15-16H,4-6,11-14H2,(H,27,30). The van der Waals surface area contributed by atoms with E-state index in [9.17, 15) is 9.18 Å². The molecule has 0 bridgehead atoms. The van der Waals surface area contributed by atoms with E-state index in [2.05, 4.69) is 15.2 Å². The largest absolute Gasteiger partial charge is 0.351 e. The number of halogens is 1. The summed E-state index contributed by atoms with van der Waals surface area (Å²) in [7, 11) is 0. The molecular formula is C25H24FN3OS. The first-order valence-electron chi connectivity index (χ1n) is 10.8. The van der Waals surface area contributed by atoms with Gasteiger partial charge in [0.25, 0.3) is 5.91 Å². The van der Waals surface area contributed by atoms with Crippen LogP contribution in [-0.4, -0.2) is 42.0 Å². The summed E-state index contributed by atoms with van der Waals surface area (Å²) >= 11 is 1.42. The highest BCUT2D eigenvalue weighted by molar-refractivity contribution is 7.22. The Hall–Kier alpha value is -2.83. The first-order valence-corrected chi connectivity index (χ1v) is 11.6. The van der Waals surface area contributed by atoms with E-state index in [0.29, 0.717) is 11.4 Å². The van der Waals surface area contributed by atoms with Crippen LogP contribution in [0.4, 0.5) is 4.39 Å². The second kappa shape index (κ2) is 8.73. The Morgan fingerprint density at radius 1 is 1.10 bits per heavy atom. The van der Waals surface area contributed by atoms with Gasteiger partial charge in [-0.2, -0.15) is 0 Å². The number of fused-ring (bicyclic) bond motifs is 3. The molecule has 0 atom stereocenters. The number of carbonyl (C=O) groups is 1. The Labute approximate surface area is 184 Å². The maximum absolute atomic E-state index is 14.0. The molecule has 2 aromatic heterocycles. The van der Waals surface area contributed by atoms with E-state index in [1.165, 1.54) is 49.4 Å². The molecule has 0 aliphatic carbocycles. The maximum atomic E-state index is 14.0. The van der Waals surface area contributed by atoms with Crippen molar-refractivity contribution in [3.8, 4) is 11.1 Å². The van der Waals surface area contributed by atoms with Crippen LogP contribution in [0.25, 0.3) is 32.1 Å². The Bertz CT molecular complexity index is 1230. The second-order valence-electron chi connectivity index (χ2n) is 7.99. The number of carbonyl (C=O) groups excluding carboxylic acids is 1. The molecule has 1 amide bonds. The number of nitrogens with zero attached hydrogens (tertiary/aromatic N) is 2. The van der Waals surface area contributed by atoms with Gasteiger partial charge in [-0.25, -0.2) is 4.39 Å². The Morgan fingerprint density at radius 2 is 1.90 bits per heavy atom. The number of rotatable bonds is 6. The third kappa shape index (κ3) is 4.05. The van der Waals surface area contributed by atoms with E-state index < -0.39 is 0 Å². The minimum atomic E-state index is -0.302. The average molecular weight is 434 g/mol. The predicted octanol–water partition coefficient (Wildman–Crippen LogP) is 5.47. The monoisotopic (exact) mass is 433 g/mol. The maximum Gasteiger partial charge on any atom is 0.262 e. The van der Waals surface area contributed by atoms with E-state index in [-0.39, 0.29) is 11.7 Å². The molecule has 31 heavy (non-hydrogen) atoms. The van der Waals surface area contributed by atoms with Gasteiger partial charge >= 0.3 is 0 Å². The molecule has 1 fully saturated rings. The zero-order valence-corrected chi connectivity index (χ0v) is 18.1. The number of thiophene rings is 1. The molecule has 0 spiro atoms. The van der Waals surface area contributed by atoms with E-state index in [1.54, 1.807) is 12.3 Å². The molecule has 158 valence electrons. The van der Waals surface area contributed by atoms with Gasteiger partial charge in [-0.05, 0) is 62.7 Å². The van der Waals surface area contributed by atoms with Crippen molar-refractivity contribution in [3.63, 3.8) is 0 Å². The van der Waals surface area contributed by atoms with Gasteiger partial charge in [0.15, 0.2) is 0 Å². The van der Waals surface area contributed by atoms with E-state index in [4.69, 9.17) is 0 Å². The van der Waals surface area contributed by atoms with Crippen molar-refractivity contribution in [1.29, 1.82) is 0 Å². The number of amides is 1. The van der Waals surface area contributed by atoms with Crippen molar-refractivity contribution in [1.82, 2.24) is 15.2 Å². The van der Waals surface area contributed by atoms with Crippen LogP contribution in [0, 0.1) is 5.82 Å². The molecule has 1 N–H and O–H groups in total. The third-order valence-electron chi connectivity index (χ3n) is 5.89. The van der Waals surface area contributed by atoms with Crippen LogP contribution in [-0.2, 0) is 0 Å². The Balaban J connectivity index is 1.50. The summed E-state index contributed by atoms with van der Waals surface area (Å²) in [5.74, 6) is -0.379. The highest BCUT2D eigenvalue weighted by Crippen LogP contribution is 2.41. The van der Waals surface area contributed by atoms with Crippen LogP contribution < -0.4 is 5.32 Å². The van der Waals surface area contributed by atoms with Crippen LogP contribution in [0.5, 0.6) is 0 Å². The highest BCUT2D eigenvalue weighted by atomic mass is 32.1. The highest BCUT2D eigenvalue weighted by Gasteiger charge is 2.21. The fraction of sp³-hybridized carbons (Fsp3) is 0.280. The van der Waals surface area contributed by atoms with E-state index in [0.717, 1.165) is 45.1 Å². The van der Waals surface area contributed by atoms with Gasteiger partial charge in [0.1, 0.15) is 10.7 Å². The molecule has 2 aromatic carbocycles. The van der Waals surface area contributed by atoms with Crippen molar-refractivity contribution >= 4 is 38.2 Å². The van der Waals surface area contributed by atoms with Gasteiger partial charge in [0, 0.05) is 33.8 Å². The topological polar surface area (TPSA) is 45.2 Å². The Morgan fingerprint density at radius 3 is 2.71 bits per heavy atom. The summed E-state index contributed by atoms with van der Waals surface area (Å²) in [6.07, 6.45) is 5.29. The van der Waals surface area contributed by atoms with Gasteiger partial charge in [-0.1, -0.05) is 30.3 Å². The van der Waals surface area contributed by atoms with Gasteiger partial charge < -0.3 is 10.2 Å². The van der Waals surface area contributed by atoms with Crippen molar-refractivity contribution in [2.24, 2.45) is 0 Å². The molecule has 6 heteroatoms. The summed E-state index contributed by atoms with van der Waals surface area (Å²) in [5.41, 5.74) is 2.57. The number of aromatic nitrogens is 1. The smallest absolute Gasteiger partial charge is 0.262 e. The minimum absolute atomic E-state index is 0.0778. The molecule has 1 aliphatic heterocycles. The van der Waals surface area contributed by atoms with Gasteiger partial charge in [0.05, 0.1) is 5.52 Å². The average Bonchev–Trinajstić information content (AvgIpc) is 3.45. The fourth-order valence-electron chi connectivity index (χ4n) is 4.35. The summed E-state index contributed by atoms with van der Waals surface area (Å²) in [5, 5.41) is 4.73. The van der Waals surface area contributed by atoms with Gasteiger partial charge in [0.2, 0.25) is 0 Å². The van der Waals surface area contributed by atoms with E-state index in [1.807, 2.05) is 30.3 Å². The molecule has 5 rings (SSSR count). The van der Waals surface area contributed by atoms with Gasteiger partial charge in [-0.15, -0.1) is 11.3 Å². The van der Waals surface area contributed by atoms with Crippen molar-refractivity contribution in [3.05, 3.63) is 65.4 Å². The lowest BCUT2D eigenvalue weighted by Gasteiger charge is -2.14. The van der Waals surface area contributed by atoms with Crippen LogP contribution in [0.2, 0.25) is 0 Å². The molecule has 1 saturated heterocycles. The summed E-state index contributed by atoms with van der Waals surface area (Å²) in [6.45, 7) is 4.00. The van der Waals surface area contributed by atoms with Gasteiger partial charge in [-0.3, -0.25) is 9.78 Å². The molecular weight excluding hydrogens is 409 g/mol. The van der Waals surface area contributed by atoms with Crippen LogP contribution in [0.3, 0.4) is 0 Å².